The van der Waals surface area contributed by atoms with Crippen LogP contribution in [0.4, 0.5) is 18.0 Å². The minimum Gasteiger partial charge on any atom is -0.445 e. The smallest absolute Gasteiger partial charge is 0.445 e. The summed E-state index contributed by atoms with van der Waals surface area (Å²) in [6.07, 6.45) is -5.19. The van der Waals surface area contributed by atoms with E-state index >= 15 is 0 Å². The lowest BCUT2D eigenvalue weighted by atomic mass is 10.2. The number of halogens is 4. The molecule has 1 fully saturated rings. The van der Waals surface area contributed by atoms with E-state index in [-0.39, 0.29) is 16.8 Å². The van der Waals surface area contributed by atoms with E-state index in [9.17, 15) is 18.0 Å². The van der Waals surface area contributed by atoms with E-state index in [1.165, 1.54) is 18.2 Å². The number of nitrogens with one attached hydrogen (secondary N) is 1. The Balaban J connectivity index is 1.90. The zero-order valence-corrected chi connectivity index (χ0v) is 13.0. The number of ether oxygens (including phenoxy) is 2. The second-order valence-corrected chi connectivity index (χ2v) is 5.46. The molecule has 122 valence electrons. The maximum Gasteiger partial charge on any atom is 0.573 e. The van der Waals surface area contributed by atoms with Gasteiger partial charge in [0.15, 0.2) is 0 Å². The van der Waals surface area contributed by atoms with Gasteiger partial charge in [0.1, 0.15) is 12.4 Å². The summed E-state index contributed by atoms with van der Waals surface area (Å²) >= 11 is 3.00. The normalized spacial score (nSPS) is 15.5. The highest BCUT2D eigenvalue weighted by molar-refractivity contribution is 9.10. The number of alkyl halides is 3. The van der Waals surface area contributed by atoms with Gasteiger partial charge < -0.3 is 19.7 Å². The third-order valence-corrected chi connectivity index (χ3v) is 3.58. The number of rotatable bonds is 3. The van der Waals surface area contributed by atoms with Gasteiger partial charge in [-0.1, -0.05) is 6.07 Å². The molecule has 0 bridgehead atoms. The van der Waals surface area contributed by atoms with E-state index in [2.05, 4.69) is 26.0 Å². The summed E-state index contributed by atoms with van der Waals surface area (Å²) in [7, 11) is 0. The molecule has 1 aromatic carbocycles. The summed E-state index contributed by atoms with van der Waals surface area (Å²) in [6, 6.07) is 4.01. The number of hydrogen-bond acceptors (Lipinski definition) is 4. The first kappa shape index (κ1) is 16.9. The van der Waals surface area contributed by atoms with Gasteiger partial charge in [0, 0.05) is 26.2 Å². The van der Waals surface area contributed by atoms with Gasteiger partial charge in [-0.2, -0.15) is 0 Å². The van der Waals surface area contributed by atoms with Crippen LogP contribution in [0.5, 0.6) is 5.75 Å². The van der Waals surface area contributed by atoms with Gasteiger partial charge in [0.25, 0.3) is 0 Å². The van der Waals surface area contributed by atoms with Crippen molar-refractivity contribution in [2.75, 3.05) is 26.2 Å². The van der Waals surface area contributed by atoms with E-state index in [0.717, 1.165) is 0 Å². The van der Waals surface area contributed by atoms with Crippen LogP contribution in [0.15, 0.2) is 22.7 Å². The van der Waals surface area contributed by atoms with Crippen LogP contribution >= 0.6 is 15.9 Å². The number of hydrogen-bond donors (Lipinski definition) is 1. The molecular weight excluding hydrogens is 369 g/mol. The van der Waals surface area contributed by atoms with Crippen LogP contribution in [0.1, 0.15) is 5.56 Å². The molecule has 0 spiro atoms. The van der Waals surface area contributed by atoms with Crippen LogP contribution in [-0.2, 0) is 11.3 Å². The summed E-state index contributed by atoms with van der Waals surface area (Å²) in [5.41, 5.74) is 0.560. The zero-order valence-electron chi connectivity index (χ0n) is 11.5. The monoisotopic (exact) mass is 382 g/mol. The summed E-state index contributed by atoms with van der Waals surface area (Å²) in [5.74, 6) is -0.343. The second kappa shape index (κ2) is 7.19. The summed E-state index contributed by atoms with van der Waals surface area (Å²) in [6.45, 7) is 2.55. The highest BCUT2D eigenvalue weighted by atomic mass is 79.9. The molecule has 0 saturated carbocycles. The molecule has 0 atom stereocenters. The SMILES string of the molecule is O=C(OCc1ccc(OC(F)(F)F)c(Br)c1)N1CCNCC1. The average Bonchev–Trinajstić information content (AvgIpc) is 2.47. The third kappa shape index (κ3) is 5.06. The van der Waals surface area contributed by atoms with Crippen molar-refractivity contribution in [3.63, 3.8) is 0 Å². The zero-order chi connectivity index (χ0) is 16.2. The Morgan fingerprint density at radius 1 is 1.32 bits per heavy atom. The van der Waals surface area contributed by atoms with Crippen molar-refractivity contribution in [1.29, 1.82) is 0 Å². The van der Waals surface area contributed by atoms with Crippen molar-refractivity contribution in [3.8, 4) is 5.75 Å². The van der Waals surface area contributed by atoms with Crippen LogP contribution in [0.25, 0.3) is 0 Å². The van der Waals surface area contributed by atoms with Gasteiger partial charge in [0.2, 0.25) is 0 Å². The van der Waals surface area contributed by atoms with Crippen LogP contribution < -0.4 is 10.1 Å². The molecule has 0 aliphatic carbocycles. The highest BCUT2D eigenvalue weighted by Crippen LogP contribution is 2.31. The molecule has 22 heavy (non-hydrogen) atoms. The van der Waals surface area contributed by atoms with E-state index in [1.54, 1.807) is 4.90 Å². The maximum atomic E-state index is 12.2. The van der Waals surface area contributed by atoms with Gasteiger partial charge in [-0.15, -0.1) is 13.2 Å². The molecule has 1 aliphatic rings. The Bertz CT molecular complexity index is 534. The van der Waals surface area contributed by atoms with Crippen molar-refractivity contribution in [2.24, 2.45) is 0 Å². The summed E-state index contributed by atoms with van der Waals surface area (Å²) < 4.78 is 45.6. The fraction of sp³-hybridized carbons (Fsp3) is 0.462. The Morgan fingerprint density at radius 2 is 2.00 bits per heavy atom. The van der Waals surface area contributed by atoms with Crippen LogP contribution in [0.2, 0.25) is 0 Å². The molecule has 1 aromatic rings. The largest absolute Gasteiger partial charge is 0.573 e. The predicted molar refractivity (Wildman–Crippen MR) is 75.5 cm³/mol. The lowest BCUT2D eigenvalue weighted by Crippen LogP contribution is -2.46. The number of nitrogens with zero attached hydrogens (tertiary/aromatic N) is 1. The van der Waals surface area contributed by atoms with E-state index < -0.39 is 12.5 Å². The minimum atomic E-state index is -4.75. The molecular formula is C13H14BrF3N2O3. The molecule has 1 N–H and O–H groups in total. The van der Waals surface area contributed by atoms with Gasteiger partial charge in [-0.05, 0) is 33.6 Å². The van der Waals surface area contributed by atoms with Crippen molar-refractivity contribution in [3.05, 3.63) is 28.2 Å². The van der Waals surface area contributed by atoms with Gasteiger partial charge in [-0.25, -0.2) is 4.79 Å². The van der Waals surface area contributed by atoms with E-state index in [4.69, 9.17) is 4.74 Å². The molecule has 0 aromatic heterocycles. The third-order valence-electron chi connectivity index (χ3n) is 2.96. The van der Waals surface area contributed by atoms with Crippen LogP contribution in [0, 0.1) is 0 Å². The topological polar surface area (TPSA) is 50.8 Å². The molecule has 2 rings (SSSR count). The van der Waals surface area contributed by atoms with Gasteiger partial charge in [-0.3, -0.25) is 0 Å². The number of amides is 1. The fourth-order valence-electron chi connectivity index (χ4n) is 1.93. The predicted octanol–water partition coefficient (Wildman–Crippen LogP) is 2.89. The molecule has 5 nitrogen and oxygen atoms in total. The average molecular weight is 383 g/mol. The van der Waals surface area contributed by atoms with Crippen molar-refractivity contribution >= 4 is 22.0 Å². The van der Waals surface area contributed by atoms with Gasteiger partial charge in [0.05, 0.1) is 4.47 Å². The number of benzene rings is 1. The summed E-state index contributed by atoms with van der Waals surface area (Å²) in [4.78, 5) is 13.4. The Labute approximate surface area is 133 Å². The van der Waals surface area contributed by atoms with Crippen molar-refractivity contribution in [1.82, 2.24) is 10.2 Å². The molecule has 0 unspecified atom stereocenters. The Hall–Kier alpha value is -1.48. The van der Waals surface area contributed by atoms with E-state index in [0.29, 0.717) is 31.7 Å². The lowest BCUT2D eigenvalue weighted by molar-refractivity contribution is -0.274. The first-order chi connectivity index (χ1) is 10.3. The molecule has 1 saturated heterocycles. The summed E-state index contributed by atoms with van der Waals surface area (Å²) in [5, 5.41) is 3.11. The standard InChI is InChI=1S/C13H14BrF3N2O3/c14-10-7-9(1-2-11(10)22-13(15,16)17)8-21-12(20)19-5-3-18-4-6-19/h1-2,7,18H,3-6,8H2. The van der Waals surface area contributed by atoms with Crippen molar-refractivity contribution in [2.45, 2.75) is 13.0 Å². The van der Waals surface area contributed by atoms with E-state index in [1.807, 2.05) is 0 Å². The second-order valence-electron chi connectivity index (χ2n) is 4.60. The molecule has 9 heteroatoms. The number of piperazine rings is 1. The highest BCUT2D eigenvalue weighted by Gasteiger charge is 2.32. The molecule has 1 aliphatic heterocycles. The van der Waals surface area contributed by atoms with Crippen LogP contribution in [0.3, 0.4) is 0 Å². The van der Waals surface area contributed by atoms with Crippen LogP contribution in [-0.4, -0.2) is 43.5 Å². The fourth-order valence-corrected chi connectivity index (χ4v) is 2.43. The maximum absolute atomic E-state index is 12.2. The number of carbonyl (C=O) groups is 1. The molecule has 1 amide bonds. The lowest BCUT2D eigenvalue weighted by Gasteiger charge is -2.26. The molecule has 0 radical (unpaired) electrons. The number of carbonyl (C=O) groups excluding carboxylic acids is 1. The first-order valence-electron chi connectivity index (χ1n) is 6.52. The van der Waals surface area contributed by atoms with Crippen molar-refractivity contribution < 1.29 is 27.4 Å². The Morgan fingerprint density at radius 3 is 2.59 bits per heavy atom. The minimum absolute atomic E-state index is 0.0202. The Kier molecular flexibility index (Phi) is 5.52. The quantitative estimate of drug-likeness (QED) is 0.873. The molecule has 1 heterocycles. The first-order valence-corrected chi connectivity index (χ1v) is 7.31. The van der Waals surface area contributed by atoms with Gasteiger partial charge >= 0.3 is 12.5 Å².